The summed E-state index contributed by atoms with van der Waals surface area (Å²) < 4.78 is 7.60. The molecular weight excluding hydrogens is 286 g/mol. The lowest BCUT2D eigenvalue weighted by molar-refractivity contribution is 0.297. The van der Waals surface area contributed by atoms with Crippen LogP contribution in [0.15, 0.2) is 48.5 Å². The van der Waals surface area contributed by atoms with Crippen LogP contribution in [0, 0.1) is 0 Å². The van der Waals surface area contributed by atoms with Crippen molar-refractivity contribution < 1.29 is 4.74 Å². The zero-order valence-corrected chi connectivity index (χ0v) is 11.9. The van der Waals surface area contributed by atoms with Gasteiger partial charge in [0, 0.05) is 10.6 Å². The number of fused-ring (bicyclic) bond motifs is 3. The standard InChI is InChI=1S/C16H12ClN3O/c17-12-5-3-4-11(8-12)9-20-16-13-6-1-2-7-15(13)21-10-14(16)18-19-20/h1-8H,9-10H2. The molecule has 0 atom stereocenters. The molecule has 0 spiro atoms. The normalized spacial score (nSPS) is 12.4. The quantitative estimate of drug-likeness (QED) is 0.726. The smallest absolute Gasteiger partial charge is 0.134 e. The van der Waals surface area contributed by atoms with Gasteiger partial charge >= 0.3 is 0 Å². The minimum absolute atomic E-state index is 0.460. The summed E-state index contributed by atoms with van der Waals surface area (Å²) in [5.41, 5.74) is 4.03. The van der Waals surface area contributed by atoms with Gasteiger partial charge in [-0.2, -0.15) is 0 Å². The summed E-state index contributed by atoms with van der Waals surface area (Å²) in [6, 6.07) is 15.7. The molecular formula is C16H12ClN3O. The summed E-state index contributed by atoms with van der Waals surface area (Å²) >= 11 is 6.04. The first-order valence-electron chi connectivity index (χ1n) is 6.70. The van der Waals surface area contributed by atoms with Crippen LogP contribution < -0.4 is 4.74 Å². The summed E-state index contributed by atoms with van der Waals surface area (Å²) in [6.45, 7) is 1.10. The van der Waals surface area contributed by atoms with Gasteiger partial charge in [-0.05, 0) is 29.8 Å². The van der Waals surface area contributed by atoms with Gasteiger partial charge in [0.05, 0.1) is 12.2 Å². The number of benzene rings is 2. The van der Waals surface area contributed by atoms with E-state index in [0.29, 0.717) is 13.2 Å². The number of nitrogens with zero attached hydrogens (tertiary/aromatic N) is 3. The van der Waals surface area contributed by atoms with Gasteiger partial charge in [0.15, 0.2) is 0 Å². The number of ether oxygens (including phenoxy) is 1. The Kier molecular flexibility index (Phi) is 2.89. The van der Waals surface area contributed by atoms with Gasteiger partial charge in [0.1, 0.15) is 18.1 Å². The van der Waals surface area contributed by atoms with Crippen LogP contribution in [0.1, 0.15) is 11.3 Å². The number of para-hydroxylation sites is 1. The van der Waals surface area contributed by atoms with Crippen LogP contribution in [0.3, 0.4) is 0 Å². The highest BCUT2D eigenvalue weighted by atomic mass is 35.5. The van der Waals surface area contributed by atoms with E-state index in [-0.39, 0.29) is 0 Å². The Labute approximate surface area is 126 Å². The predicted molar refractivity (Wildman–Crippen MR) is 80.3 cm³/mol. The van der Waals surface area contributed by atoms with Gasteiger partial charge < -0.3 is 4.74 Å². The van der Waals surface area contributed by atoms with Crippen molar-refractivity contribution in [2.75, 3.05) is 0 Å². The first kappa shape index (κ1) is 12.4. The molecule has 21 heavy (non-hydrogen) atoms. The van der Waals surface area contributed by atoms with Crippen LogP contribution >= 0.6 is 11.6 Å². The Morgan fingerprint density at radius 2 is 2.05 bits per heavy atom. The van der Waals surface area contributed by atoms with E-state index >= 15 is 0 Å². The lowest BCUT2D eigenvalue weighted by Crippen LogP contribution is -2.09. The third-order valence-corrected chi connectivity index (χ3v) is 3.77. The maximum Gasteiger partial charge on any atom is 0.134 e. The molecule has 104 valence electrons. The van der Waals surface area contributed by atoms with E-state index in [1.54, 1.807) is 0 Å². The topological polar surface area (TPSA) is 39.9 Å². The molecule has 1 aliphatic heterocycles. The van der Waals surface area contributed by atoms with Crippen LogP contribution in [-0.2, 0) is 13.2 Å². The molecule has 1 aliphatic rings. The molecule has 1 aromatic heterocycles. The average Bonchev–Trinajstić information content (AvgIpc) is 2.91. The lowest BCUT2D eigenvalue weighted by atomic mass is 10.1. The van der Waals surface area contributed by atoms with Crippen molar-refractivity contribution in [3.05, 3.63) is 64.8 Å². The molecule has 5 heteroatoms. The third kappa shape index (κ3) is 2.17. The minimum Gasteiger partial charge on any atom is -0.486 e. The Morgan fingerprint density at radius 3 is 2.95 bits per heavy atom. The zero-order chi connectivity index (χ0) is 14.2. The average molecular weight is 298 g/mol. The Hall–Kier alpha value is -2.33. The van der Waals surface area contributed by atoms with E-state index in [2.05, 4.69) is 10.3 Å². The number of halogens is 1. The lowest BCUT2D eigenvalue weighted by Gasteiger charge is -2.17. The summed E-state index contributed by atoms with van der Waals surface area (Å²) in [5, 5.41) is 9.22. The van der Waals surface area contributed by atoms with Gasteiger partial charge in [0.25, 0.3) is 0 Å². The molecule has 4 rings (SSSR count). The second-order valence-corrected chi connectivity index (χ2v) is 5.39. The first-order chi connectivity index (χ1) is 10.3. The van der Waals surface area contributed by atoms with E-state index < -0.39 is 0 Å². The summed E-state index contributed by atoms with van der Waals surface area (Å²) in [7, 11) is 0. The van der Waals surface area contributed by atoms with Crippen molar-refractivity contribution in [3.8, 4) is 17.0 Å². The molecule has 0 aliphatic carbocycles. The van der Waals surface area contributed by atoms with E-state index in [1.165, 1.54) is 0 Å². The zero-order valence-electron chi connectivity index (χ0n) is 11.2. The third-order valence-electron chi connectivity index (χ3n) is 3.53. The van der Waals surface area contributed by atoms with Crippen molar-refractivity contribution in [2.45, 2.75) is 13.2 Å². The maximum absolute atomic E-state index is 6.04. The second-order valence-electron chi connectivity index (χ2n) is 4.96. The Balaban J connectivity index is 1.78. The molecule has 2 heterocycles. The predicted octanol–water partition coefficient (Wildman–Crippen LogP) is 3.54. The van der Waals surface area contributed by atoms with Gasteiger partial charge in [0.2, 0.25) is 0 Å². The molecule has 0 unspecified atom stereocenters. The van der Waals surface area contributed by atoms with Crippen molar-refractivity contribution in [3.63, 3.8) is 0 Å². The summed E-state index contributed by atoms with van der Waals surface area (Å²) in [4.78, 5) is 0. The largest absolute Gasteiger partial charge is 0.486 e. The molecule has 2 aromatic carbocycles. The van der Waals surface area contributed by atoms with Gasteiger partial charge in [-0.15, -0.1) is 5.10 Å². The Morgan fingerprint density at radius 1 is 1.14 bits per heavy atom. The van der Waals surface area contributed by atoms with Gasteiger partial charge in [-0.3, -0.25) is 0 Å². The molecule has 0 bridgehead atoms. The van der Waals surface area contributed by atoms with E-state index in [4.69, 9.17) is 16.3 Å². The van der Waals surface area contributed by atoms with E-state index in [9.17, 15) is 0 Å². The fraction of sp³-hybridized carbons (Fsp3) is 0.125. The first-order valence-corrected chi connectivity index (χ1v) is 7.08. The Bertz CT molecular complexity index is 813. The molecule has 4 nitrogen and oxygen atoms in total. The molecule has 3 aromatic rings. The minimum atomic E-state index is 0.460. The monoisotopic (exact) mass is 297 g/mol. The number of hydrogen-bond donors (Lipinski definition) is 0. The van der Waals surface area contributed by atoms with E-state index in [0.717, 1.165) is 33.3 Å². The maximum atomic E-state index is 6.04. The molecule has 0 amide bonds. The summed E-state index contributed by atoms with van der Waals surface area (Å²) in [5.74, 6) is 0.875. The molecule has 0 fully saturated rings. The highest BCUT2D eigenvalue weighted by Crippen LogP contribution is 2.36. The molecule has 0 radical (unpaired) electrons. The fourth-order valence-electron chi connectivity index (χ4n) is 2.59. The van der Waals surface area contributed by atoms with Crippen molar-refractivity contribution in [1.82, 2.24) is 15.0 Å². The second kappa shape index (κ2) is 4.90. The van der Waals surface area contributed by atoms with Crippen LogP contribution in [0.25, 0.3) is 11.3 Å². The fourth-order valence-corrected chi connectivity index (χ4v) is 2.81. The van der Waals surface area contributed by atoms with Crippen LogP contribution in [0.2, 0.25) is 5.02 Å². The van der Waals surface area contributed by atoms with Gasteiger partial charge in [-0.1, -0.05) is 41.1 Å². The molecule has 0 saturated carbocycles. The SMILES string of the molecule is Clc1cccc(Cn2nnc3c2-c2ccccc2OC3)c1. The van der Waals surface area contributed by atoms with Crippen LogP contribution in [0.4, 0.5) is 0 Å². The van der Waals surface area contributed by atoms with Crippen molar-refractivity contribution in [2.24, 2.45) is 0 Å². The van der Waals surface area contributed by atoms with Crippen molar-refractivity contribution in [1.29, 1.82) is 0 Å². The highest BCUT2D eigenvalue weighted by molar-refractivity contribution is 6.30. The van der Waals surface area contributed by atoms with Crippen molar-refractivity contribution >= 4 is 11.6 Å². The number of aromatic nitrogens is 3. The van der Waals surface area contributed by atoms with Crippen LogP contribution in [0.5, 0.6) is 5.75 Å². The number of rotatable bonds is 2. The number of hydrogen-bond acceptors (Lipinski definition) is 3. The molecule has 0 saturated heterocycles. The van der Waals surface area contributed by atoms with Gasteiger partial charge in [-0.25, -0.2) is 4.68 Å². The summed E-state index contributed by atoms with van der Waals surface area (Å²) in [6.07, 6.45) is 0. The van der Waals surface area contributed by atoms with E-state index in [1.807, 2.05) is 53.2 Å². The molecule has 0 N–H and O–H groups in total. The van der Waals surface area contributed by atoms with Crippen LogP contribution in [-0.4, -0.2) is 15.0 Å². The highest BCUT2D eigenvalue weighted by Gasteiger charge is 2.23.